The molecule has 0 aliphatic heterocycles. The number of aryl methyl sites for hydroxylation is 2. The van der Waals surface area contributed by atoms with Crippen LogP contribution in [0.1, 0.15) is 17.0 Å². The van der Waals surface area contributed by atoms with Gasteiger partial charge in [0.2, 0.25) is 0 Å². The summed E-state index contributed by atoms with van der Waals surface area (Å²) in [4.78, 5) is 4.50. The SMILES string of the molecule is Cc1nc(C)c2c(ccn2S(=O)(=O)c2ccccc2)c1C#N. The number of benzene rings is 1. The first-order valence-corrected chi connectivity index (χ1v) is 8.10. The Hall–Kier alpha value is -2.65. The predicted molar refractivity (Wildman–Crippen MR) is 82.9 cm³/mol. The zero-order chi connectivity index (χ0) is 15.9. The van der Waals surface area contributed by atoms with E-state index >= 15 is 0 Å². The molecule has 0 radical (unpaired) electrons. The lowest BCUT2D eigenvalue weighted by Crippen LogP contribution is -2.12. The van der Waals surface area contributed by atoms with E-state index in [4.69, 9.17) is 0 Å². The fraction of sp³-hybridized carbons (Fsp3) is 0.125. The van der Waals surface area contributed by atoms with Gasteiger partial charge in [-0.3, -0.25) is 4.98 Å². The van der Waals surface area contributed by atoms with Crippen LogP contribution in [0.4, 0.5) is 0 Å². The van der Waals surface area contributed by atoms with Crippen LogP contribution in [0.2, 0.25) is 0 Å². The van der Waals surface area contributed by atoms with Gasteiger partial charge in [-0.1, -0.05) is 18.2 Å². The molecule has 6 heteroatoms. The maximum absolute atomic E-state index is 12.8. The summed E-state index contributed by atoms with van der Waals surface area (Å²) in [5.41, 5.74) is 2.03. The molecule has 0 fully saturated rings. The molecule has 1 aromatic carbocycles. The number of fused-ring (bicyclic) bond motifs is 1. The lowest BCUT2D eigenvalue weighted by molar-refractivity contribution is 0.589. The van der Waals surface area contributed by atoms with Gasteiger partial charge in [-0.15, -0.1) is 0 Å². The van der Waals surface area contributed by atoms with Gasteiger partial charge >= 0.3 is 0 Å². The Morgan fingerprint density at radius 2 is 1.77 bits per heavy atom. The summed E-state index contributed by atoms with van der Waals surface area (Å²) in [5.74, 6) is 0. The minimum absolute atomic E-state index is 0.200. The van der Waals surface area contributed by atoms with Gasteiger partial charge in [0.25, 0.3) is 10.0 Å². The molecule has 3 rings (SSSR count). The minimum Gasteiger partial charge on any atom is -0.255 e. The molecule has 110 valence electrons. The first kappa shape index (κ1) is 14.3. The molecule has 22 heavy (non-hydrogen) atoms. The molecule has 0 saturated carbocycles. The summed E-state index contributed by atoms with van der Waals surface area (Å²) in [7, 11) is -3.72. The van der Waals surface area contributed by atoms with E-state index < -0.39 is 10.0 Å². The van der Waals surface area contributed by atoms with Gasteiger partial charge in [-0.2, -0.15) is 5.26 Å². The molecule has 0 spiro atoms. The monoisotopic (exact) mass is 311 g/mol. The molecule has 5 nitrogen and oxygen atoms in total. The maximum atomic E-state index is 12.8. The third-order valence-electron chi connectivity index (χ3n) is 3.57. The highest BCUT2D eigenvalue weighted by Gasteiger charge is 2.22. The van der Waals surface area contributed by atoms with Crippen molar-refractivity contribution >= 4 is 20.9 Å². The quantitative estimate of drug-likeness (QED) is 0.729. The summed E-state index contributed by atoms with van der Waals surface area (Å²) in [6, 6.07) is 11.9. The fourth-order valence-electron chi connectivity index (χ4n) is 2.57. The van der Waals surface area contributed by atoms with Crippen LogP contribution < -0.4 is 0 Å². The van der Waals surface area contributed by atoms with E-state index in [9.17, 15) is 13.7 Å². The van der Waals surface area contributed by atoms with Crippen molar-refractivity contribution in [2.75, 3.05) is 0 Å². The van der Waals surface area contributed by atoms with Gasteiger partial charge in [0.05, 0.1) is 27.4 Å². The molecule has 0 amide bonds. The van der Waals surface area contributed by atoms with Crippen molar-refractivity contribution in [1.29, 1.82) is 5.26 Å². The van der Waals surface area contributed by atoms with Crippen molar-refractivity contribution in [1.82, 2.24) is 8.96 Å². The second-order valence-corrected chi connectivity index (χ2v) is 6.78. The Morgan fingerprint density at radius 1 is 1.09 bits per heavy atom. The third kappa shape index (κ3) is 1.98. The number of rotatable bonds is 2. The van der Waals surface area contributed by atoms with Gasteiger partial charge < -0.3 is 0 Å². The van der Waals surface area contributed by atoms with Crippen LogP contribution >= 0.6 is 0 Å². The second kappa shape index (κ2) is 4.97. The van der Waals surface area contributed by atoms with Crippen LogP contribution in [0.25, 0.3) is 10.9 Å². The fourth-order valence-corrected chi connectivity index (χ4v) is 3.99. The summed E-state index contributed by atoms with van der Waals surface area (Å²) in [6.45, 7) is 3.49. The van der Waals surface area contributed by atoms with Gasteiger partial charge in [0, 0.05) is 11.6 Å². The van der Waals surface area contributed by atoms with Crippen LogP contribution in [0.15, 0.2) is 47.5 Å². The molecular weight excluding hydrogens is 298 g/mol. The first-order chi connectivity index (χ1) is 10.5. The van der Waals surface area contributed by atoms with E-state index in [2.05, 4.69) is 11.1 Å². The Labute approximate surface area is 128 Å². The van der Waals surface area contributed by atoms with Crippen LogP contribution in [0.3, 0.4) is 0 Å². The van der Waals surface area contributed by atoms with E-state index in [0.717, 1.165) is 0 Å². The number of pyridine rings is 1. The van der Waals surface area contributed by atoms with Gasteiger partial charge in [0.1, 0.15) is 6.07 Å². The molecule has 2 aromatic heterocycles. The molecular formula is C16H13N3O2S. The number of hydrogen-bond donors (Lipinski definition) is 0. The highest BCUT2D eigenvalue weighted by atomic mass is 32.2. The van der Waals surface area contributed by atoms with Crippen molar-refractivity contribution < 1.29 is 8.42 Å². The normalized spacial score (nSPS) is 11.5. The van der Waals surface area contributed by atoms with Crippen molar-refractivity contribution in [2.24, 2.45) is 0 Å². The molecule has 0 saturated heterocycles. The maximum Gasteiger partial charge on any atom is 0.268 e. The highest BCUT2D eigenvalue weighted by Crippen LogP contribution is 2.27. The Kier molecular flexibility index (Phi) is 3.23. The second-order valence-electron chi connectivity index (χ2n) is 4.96. The van der Waals surface area contributed by atoms with Gasteiger partial charge in [0.15, 0.2) is 0 Å². The third-order valence-corrected chi connectivity index (χ3v) is 5.26. The first-order valence-electron chi connectivity index (χ1n) is 6.66. The summed E-state index contributed by atoms with van der Waals surface area (Å²) < 4.78 is 26.8. The van der Waals surface area contributed by atoms with Crippen LogP contribution in [0.5, 0.6) is 0 Å². The van der Waals surface area contributed by atoms with E-state index in [1.165, 1.54) is 10.2 Å². The minimum atomic E-state index is -3.72. The van der Waals surface area contributed by atoms with E-state index in [-0.39, 0.29) is 4.90 Å². The van der Waals surface area contributed by atoms with Crippen molar-refractivity contribution in [3.63, 3.8) is 0 Å². The molecule has 0 bridgehead atoms. The summed E-state index contributed by atoms with van der Waals surface area (Å²) in [6.07, 6.45) is 1.47. The smallest absolute Gasteiger partial charge is 0.255 e. The molecule has 0 atom stereocenters. The topological polar surface area (TPSA) is 75.8 Å². The highest BCUT2D eigenvalue weighted by molar-refractivity contribution is 7.90. The number of nitriles is 1. The molecule has 0 N–H and O–H groups in total. The molecule has 3 aromatic rings. The lowest BCUT2D eigenvalue weighted by Gasteiger charge is -2.10. The van der Waals surface area contributed by atoms with Crippen LogP contribution in [-0.4, -0.2) is 17.4 Å². The standard InChI is InChI=1S/C16H13N3O2S/c1-11-15(10-17)14-8-9-19(16(14)12(2)18-11)22(20,21)13-6-4-3-5-7-13/h3-9H,1-2H3. The van der Waals surface area contributed by atoms with Crippen molar-refractivity contribution in [3.05, 3.63) is 59.5 Å². The molecule has 0 aliphatic carbocycles. The summed E-state index contributed by atoms with van der Waals surface area (Å²) >= 11 is 0. The molecule has 2 heterocycles. The molecule has 0 unspecified atom stereocenters. The average molecular weight is 311 g/mol. The van der Waals surface area contributed by atoms with Crippen molar-refractivity contribution in [3.8, 4) is 6.07 Å². The number of aromatic nitrogens is 2. The van der Waals surface area contributed by atoms with E-state index in [1.54, 1.807) is 50.2 Å². The lowest BCUT2D eigenvalue weighted by atomic mass is 10.1. The zero-order valence-corrected chi connectivity index (χ0v) is 12.9. The molecule has 0 aliphatic rings. The number of nitrogens with zero attached hydrogens (tertiary/aromatic N) is 3. The van der Waals surface area contributed by atoms with E-state index in [0.29, 0.717) is 27.9 Å². The average Bonchev–Trinajstić information content (AvgIpc) is 2.94. The summed E-state index contributed by atoms with van der Waals surface area (Å²) in [5, 5.41) is 9.89. The van der Waals surface area contributed by atoms with Crippen LogP contribution in [0, 0.1) is 25.2 Å². The van der Waals surface area contributed by atoms with Crippen LogP contribution in [-0.2, 0) is 10.0 Å². The largest absolute Gasteiger partial charge is 0.268 e. The predicted octanol–water partition coefficient (Wildman–Crippen LogP) is 2.76. The Bertz CT molecular complexity index is 1010. The Balaban J connectivity index is 2.38. The van der Waals surface area contributed by atoms with Gasteiger partial charge in [-0.05, 0) is 32.0 Å². The van der Waals surface area contributed by atoms with E-state index in [1.807, 2.05) is 0 Å². The Morgan fingerprint density at radius 3 is 2.41 bits per heavy atom. The zero-order valence-electron chi connectivity index (χ0n) is 12.1. The van der Waals surface area contributed by atoms with Crippen molar-refractivity contribution in [2.45, 2.75) is 18.7 Å². The van der Waals surface area contributed by atoms with Gasteiger partial charge in [-0.25, -0.2) is 12.4 Å². The number of hydrogen-bond acceptors (Lipinski definition) is 4.